The number of nitrogen functional groups attached to an aromatic ring is 1. The lowest BCUT2D eigenvalue weighted by atomic mass is 10.1. The standard InChI is InChI=1S/C15H10F3N3O/c16-15(17,18)12-8-10(19)6-7-11(12)13-20-14(22-21-13)9-4-2-1-3-5-9/h1-8H,19H2. The molecule has 4 nitrogen and oxygen atoms in total. The second kappa shape index (κ2) is 5.18. The summed E-state index contributed by atoms with van der Waals surface area (Å²) in [6.45, 7) is 0. The van der Waals surface area contributed by atoms with Gasteiger partial charge in [-0.05, 0) is 30.3 Å². The number of hydrogen-bond acceptors (Lipinski definition) is 4. The van der Waals surface area contributed by atoms with Gasteiger partial charge in [-0.2, -0.15) is 18.2 Å². The fraction of sp³-hybridized carbons (Fsp3) is 0.0667. The van der Waals surface area contributed by atoms with E-state index in [9.17, 15) is 13.2 Å². The monoisotopic (exact) mass is 305 g/mol. The van der Waals surface area contributed by atoms with Crippen LogP contribution in [0.3, 0.4) is 0 Å². The van der Waals surface area contributed by atoms with E-state index < -0.39 is 11.7 Å². The summed E-state index contributed by atoms with van der Waals surface area (Å²) in [5, 5.41) is 3.64. The molecule has 112 valence electrons. The molecule has 3 aromatic rings. The summed E-state index contributed by atoms with van der Waals surface area (Å²) in [4.78, 5) is 4.04. The van der Waals surface area contributed by atoms with Gasteiger partial charge in [0.05, 0.1) is 5.56 Å². The molecule has 0 unspecified atom stereocenters. The Kier molecular flexibility index (Phi) is 3.32. The van der Waals surface area contributed by atoms with Gasteiger partial charge in [0, 0.05) is 16.8 Å². The van der Waals surface area contributed by atoms with Crippen molar-refractivity contribution in [3.8, 4) is 22.8 Å². The van der Waals surface area contributed by atoms with Crippen LogP contribution in [0.1, 0.15) is 5.56 Å². The quantitative estimate of drug-likeness (QED) is 0.727. The first-order chi connectivity index (χ1) is 10.4. The van der Waals surface area contributed by atoms with Crippen LogP contribution in [0.4, 0.5) is 18.9 Å². The lowest BCUT2D eigenvalue weighted by molar-refractivity contribution is -0.137. The molecule has 0 aliphatic heterocycles. The number of aromatic nitrogens is 2. The van der Waals surface area contributed by atoms with Crippen molar-refractivity contribution in [3.05, 3.63) is 54.1 Å². The molecule has 0 amide bonds. The summed E-state index contributed by atoms with van der Waals surface area (Å²) in [5.41, 5.74) is 5.01. The normalized spacial score (nSPS) is 11.6. The number of nitrogens with two attached hydrogens (primary N) is 1. The molecule has 0 fully saturated rings. The summed E-state index contributed by atoms with van der Waals surface area (Å²) < 4.78 is 44.3. The molecule has 0 radical (unpaired) electrons. The maximum absolute atomic E-state index is 13.1. The maximum Gasteiger partial charge on any atom is 0.417 e. The van der Waals surface area contributed by atoms with Gasteiger partial charge in [-0.3, -0.25) is 0 Å². The fourth-order valence-corrected chi connectivity index (χ4v) is 2.02. The minimum absolute atomic E-state index is 0.0165. The molecule has 3 rings (SSSR count). The number of halogens is 3. The highest BCUT2D eigenvalue weighted by molar-refractivity contribution is 5.66. The molecule has 0 saturated heterocycles. The Balaban J connectivity index is 2.08. The molecule has 0 saturated carbocycles. The van der Waals surface area contributed by atoms with Crippen molar-refractivity contribution < 1.29 is 17.7 Å². The summed E-state index contributed by atoms with van der Waals surface area (Å²) in [7, 11) is 0. The average molecular weight is 305 g/mol. The molecule has 0 aliphatic carbocycles. The zero-order chi connectivity index (χ0) is 15.7. The Morgan fingerprint density at radius 3 is 2.41 bits per heavy atom. The zero-order valence-electron chi connectivity index (χ0n) is 11.1. The van der Waals surface area contributed by atoms with Crippen LogP contribution in [-0.2, 0) is 6.18 Å². The van der Waals surface area contributed by atoms with Crippen LogP contribution in [0, 0.1) is 0 Å². The van der Waals surface area contributed by atoms with E-state index in [2.05, 4.69) is 10.1 Å². The highest BCUT2D eigenvalue weighted by atomic mass is 19.4. The molecule has 1 aromatic heterocycles. The summed E-state index contributed by atoms with van der Waals surface area (Å²) in [6.07, 6.45) is -4.56. The van der Waals surface area contributed by atoms with Crippen molar-refractivity contribution in [2.45, 2.75) is 6.18 Å². The Morgan fingerprint density at radius 2 is 1.73 bits per heavy atom. The van der Waals surface area contributed by atoms with Crippen molar-refractivity contribution >= 4 is 5.69 Å². The predicted molar refractivity (Wildman–Crippen MR) is 74.6 cm³/mol. The first kappa shape index (κ1) is 14.1. The second-order valence-electron chi connectivity index (χ2n) is 4.59. The number of rotatable bonds is 2. The van der Waals surface area contributed by atoms with Crippen LogP contribution < -0.4 is 5.73 Å². The fourth-order valence-electron chi connectivity index (χ4n) is 2.02. The van der Waals surface area contributed by atoms with Crippen LogP contribution in [0.5, 0.6) is 0 Å². The third-order valence-corrected chi connectivity index (χ3v) is 3.04. The zero-order valence-corrected chi connectivity index (χ0v) is 11.1. The lowest BCUT2D eigenvalue weighted by Gasteiger charge is -2.10. The third kappa shape index (κ3) is 2.65. The van der Waals surface area contributed by atoms with E-state index in [0.29, 0.717) is 5.56 Å². The van der Waals surface area contributed by atoms with Gasteiger partial charge < -0.3 is 10.3 Å². The van der Waals surface area contributed by atoms with Gasteiger partial charge in [-0.25, -0.2) is 0 Å². The maximum atomic E-state index is 13.1. The Bertz CT molecular complexity index is 797. The minimum Gasteiger partial charge on any atom is -0.399 e. The van der Waals surface area contributed by atoms with Gasteiger partial charge in [-0.1, -0.05) is 23.4 Å². The van der Waals surface area contributed by atoms with Crippen LogP contribution in [0.15, 0.2) is 53.1 Å². The topological polar surface area (TPSA) is 64.9 Å². The van der Waals surface area contributed by atoms with Gasteiger partial charge >= 0.3 is 6.18 Å². The van der Waals surface area contributed by atoms with Crippen LogP contribution >= 0.6 is 0 Å². The van der Waals surface area contributed by atoms with Crippen molar-refractivity contribution in [3.63, 3.8) is 0 Å². The van der Waals surface area contributed by atoms with E-state index in [1.165, 1.54) is 12.1 Å². The van der Waals surface area contributed by atoms with Crippen LogP contribution in [0.2, 0.25) is 0 Å². The summed E-state index contributed by atoms with van der Waals surface area (Å²) >= 11 is 0. The van der Waals surface area contributed by atoms with Crippen LogP contribution in [-0.4, -0.2) is 10.1 Å². The highest BCUT2D eigenvalue weighted by Gasteiger charge is 2.35. The first-order valence-electron chi connectivity index (χ1n) is 6.31. The molecule has 0 bridgehead atoms. The van der Waals surface area contributed by atoms with Gasteiger partial charge in [0.15, 0.2) is 0 Å². The van der Waals surface area contributed by atoms with E-state index in [0.717, 1.165) is 6.07 Å². The van der Waals surface area contributed by atoms with Gasteiger partial charge in [-0.15, -0.1) is 0 Å². The number of anilines is 1. The van der Waals surface area contributed by atoms with Gasteiger partial charge in [0.2, 0.25) is 5.82 Å². The minimum atomic E-state index is -4.56. The molecule has 2 N–H and O–H groups in total. The molecule has 0 aliphatic rings. The Labute approximate surface area is 123 Å². The molecular formula is C15H10F3N3O. The summed E-state index contributed by atoms with van der Waals surface area (Å²) in [6, 6.07) is 12.3. The van der Waals surface area contributed by atoms with Crippen molar-refractivity contribution in [2.24, 2.45) is 0 Å². The molecule has 0 atom stereocenters. The molecule has 2 aromatic carbocycles. The molecule has 22 heavy (non-hydrogen) atoms. The van der Waals surface area contributed by atoms with Crippen molar-refractivity contribution in [2.75, 3.05) is 5.73 Å². The Hall–Kier alpha value is -2.83. The lowest BCUT2D eigenvalue weighted by Crippen LogP contribution is -2.08. The van der Waals surface area contributed by atoms with Gasteiger partial charge in [0.1, 0.15) is 0 Å². The summed E-state index contributed by atoms with van der Waals surface area (Å²) in [5.74, 6) is 0.0201. The van der Waals surface area contributed by atoms with E-state index in [1.807, 2.05) is 6.07 Å². The average Bonchev–Trinajstić information content (AvgIpc) is 2.97. The highest BCUT2D eigenvalue weighted by Crippen LogP contribution is 2.37. The van der Waals surface area contributed by atoms with Crippen molar-refractivity contribution in [1.82, 2.24) is 10.1 Å². The molecule has 7 heteroatoms. The van der Waals surface area contributed by atoms with Gasteiger partial charge in [0.25, 0.3) is 5.89 Å². The van der Waals surface area contributed by atoms with E-state index in [-0.39, 0.29) is 23.0 Å². The van der Waals surface area contributed by atoms with E-state index in [4.69, 9.17) is 10.3 Å². The van der Waals surface area contributed by atoms with Crippen LogP contribution in [0.25, 0.3) is 22.8 Å². The predicted octanol–water partition coefficient (Wildman–Crippen LogP) is 4.00. The molecule has 1 heterocycles. The van der Waals surface area contributed by atoms with E-state index >= 15 is 0 Å². The SMILES string of the molecule is Nc1ccc(-c2noc(-c3ccccc3)n2)c(C(F)(F)F)c1. The Morgan fingerprint density at radius 1 is 1.00 bits per heavy atom. The smallest absolute Gasteiger partial charge is 0.399 e. The number of benzene rings is 2. The number of alkyl halides is 3. The molecule has 0 spiro atoms. The largest absolute Gasteiger partial charge is 0.417 e. The third-order valence-electron chi connectivity index (χ3n) is 3.04. The number of hydrogen-bond donors (Lipinski definition) is 1. The van der Waals surface area contributed by atoms with Crippen molar-refractivity contribution in [1.29, 1.82) is 0 Å². The van der Waals surface area contributed by atoms with E-state index in [1.54, 1.807) is 24.3 Å². The number of nitrogens with zero attached hydrogens (tertiary/aromatic N) is 2. The molecular weight excluding hydrogens is 295 g/mol. The first-order valence-corrected chi connectivity index (χ1v) is 6.31. The second-order valence-corrected chi connectivity index (χ2v) is 4.59.